The number of tetrazole rings is 1. The van der Waals surface area contributed by atoms with Crippen LogP contribution >= 0.6 is 0 Å². The number of methoxy groups -OCH3 is 1. The van der Waals surface area contributed by atoms with Crippen molar-refractivity contribution < 1.29 is 24.1 Å². The van der Waals surface area contributed by atoms with Crippen LogP contribution in [0.5, 0.6) is 0 Å². The lowest BCUT2D eigenvalue weighted by atomic mass is 9.76. The van der Waals surface area contributed by atoms with Gasteiger partial charge in [-0.25, -0.2) is 4.98 Å². The number of esters is 1. The van der Waals surface area contributed by atoms with Crippen LogP contribution in [0.2, 0.25) is 0 Å². The topological polar surface area (TPSA) is 137 Å². The summed E-state index contributed by atoms with van der Waals surface area (Å²) in [6.07, 6.45) is 9.84. The Morgan fingerprint density at radius 2 is 1.98 bits per heavy atom. The number of aromatic nitrogens is 6. The Bertz CT molecular complexity index is 1560. The number of nitrogens with one attached hydrogen (secondary N) is 1. The lowest BCUT2D eigenvalue weighted by molar-refractivity contribution is -0.237. The smallest absolute Gasteiger partial charge is 0.311 e. The lowest BCUT2D eigenvalue weighted by Gasteiger charge is -2.32. The zero-order valence-corrected chi connectivity index (χ0v) is 28.8. The molecule has 0 amide bonds. The van der Waals surface area contributed by atoms with Gasteiger partial charge in [0.1, 0.15) is 17.1 Å². The number of nitrogens with zero attached hydrogens (tertiary/aromatic N) is 5. The Balaban J connectivity index is 1.38. The summed E-state index contributed by atoms with van der Waals surface area (Å²) in [5, 5.41) is 25.9. The first kappa shape index (κ1) is 34.7. The molecule has 2 N–H and O–H groups in total. The van der Waals surface area contributed by atoms with Crippen LogP contribution in [0, 0.1) is 17.8 Å². The zero-order chi connectivity index (χ0) is 33.7. The number of hydrogen-bond donors (Lipinski definition) is 2. The van der Waals surface area contributed by atoms with E-state index in [4.69, 9.17) is 19.2 Å². The Hall–Kier alpha value is -3.67. The van der Waals surface area contributed by atoms with Crippen molar-refractivity contribution in [3.05, 3.63) is 70.8 Å². The maximum absolute atomic E-state index is 13.1. The fraction of sp³-hybridized carbons (Fsp3) is 0.583. The van der Waals surface area contributed by atoms with Crippen LogP contribution in [0.3, 0.4) is 0 Å². The number of imidazole rings is 1. The third-order valence-corrected chi connectivity index (χ3v) is 9.57. The van der Waals surface area contributed by atoms with E-state index in [0.717, 1.165) is 54.6 Å². The molecule has 2 heterocycles. The molecule has 1 saturated carbocycles. The summed E-state index contributed by atoms with van der Waals surface area (Å²) in [5.74, 6) is 2.28. The predicted molar refractivity (Wildman–Crippen MR) is 178 cm³/mol. The molecule has 2 aliphatic carbocycles. The number of carbonyl (C=O) groups is 1. The van der Waals surface area contributed by atoms with E-state index < -0.39 is 18.2 Å². The standard InChI is InChI=1S/C36H50N6O5/c1-8-11-30-37-32(36(5,6)44)31(35(45-7)47-24(4)46-34(43)27-17-14-22(2)23(3)20-27)42(30)21-25-15-18-26(19-16-25)28-12-9-10-13-29(28)33-38-40-41-39-33/h9-10,12-13,15-16,18,22-24,26-27,35,44H,8,11,14,17,19-21H2,1-7H3,(H,38,39,40,41). The van der Waals surface area contributed by atoms with Crippen LogP contribution in [0.15, 0.2) is 48.1 Å². The maximum Gasteiger partial charge on any atom is 0.311 e. The number of allylic oxidation sites excluding steroid dienone is 4. The number of aliphatic hydroxyl groups is 1. The summed E-state index contributed by atoms with van der Waals surface area (Å²) in [6, 6.07) is 8.12. The molecular weight excluding hydrogens is 596 g/mol. The molecule has 2 aromatic heterocycles. The number of carbonyl (C=O) groups excluding carboxylic acids is 1. The van der Waals surface area contributed by atoms with Gasteiger partial charge in [-0.1, -0.05) is 63.3 Å². The second-order valence-corrected chi connectivity index (χ2v) is 13.6. The van der Waals surface area contributed by atoms with Gasteiger partial charge in [-0.3, -0.25) is 4.79 Å². The molecule has 47 heavy (non-hydrogen) atoms. The van der Waals surface area contributed by atoms with Crippen molar-refractivity contribution in [2.45, 2.75) is 111 Å². The number of benzene rings is 1. The van der Waals surface area contributed by atoms with E-state index in [9.17, 15) is 9.90 Å². The number of ether oxygens (including phenoxy) is 3. The van der Waals surface area contributed by atoms with Gasteiger partial charge in [0, 0.05) is 31.6 Å². The molecule has 5 rings (SSSR count). The Labute approximate surface area is 277 Å². The van der Waals surface area contributed by atoms with Gasteiger partial charge in [0.15, 0.2) is 0 Å². The van der Waals surface area contributed by atoms with E-state index >= 15 is 0 Å². The minimum absolute atomic E-state index is 0.130. The molecule has 3 aromatic rings. The Morgan fingerprint density at radius 1 is 1.19 bits per heavy atom. The van der Waals surface area contributed by atoms with Crippen molar-refractivity contribution in [1.82, 2.24) is 30.2 Å². The van der Waals surface area contributed by atoms with Crippen LogP contribution in [-0.4, -0.2) is 54.7 Å². The summed E-state index contributed by atoms with van der Waals surface area (Å²) in [4.78, 5) is 18.0. The van der Waals surface area contributed by atoms with Crippen LogP contribution in [0.1, 0.15) is 109 Å². The van der Waals surface area contributed by atoms with Crippen molar-refractivity contribution in [1.29, 1.82) is 0 Å². The van der Waals surface area contributed by atoms with E-state index in [-0.39, 0.29) is 17.8 Å². The van der Waals surface area contributed by atoms with Gasteiger partial charge in [-0.05, 0) is 81.1 Å². The maximum atomic E-state index is 13.1. The number of rotatable bonds is 13. The summed E-state index contributed by atoms with van der Waals surface area (Å²) < 4.78 is 20.1. The van der Waals surface area contributed by atoms with E-state index in [1.807, 2.05) is 18.2 Å². The first-order chi connectivity index (χ1) is 22.5. The molecule has 6 unspecified atom stereocenters. The fourth-order valence-electron chi connectivity index (χ4n) is 6.74. The van der Waals surface area contributed by atoms with Gasteiger partial charge in [-0.2, -0.15) is 5.21 Å². The average molecular weight is 647 g/mol. The summed E-state index contributed by atoms with van der Waals surface area (Å²) in [5.41, 5.74) is 3.02. The van der Waals surface area contributed by atoms with E-state index in [1.54, 1.807) is 27.9 Å². The van der Waals surface area contributed by atoms with Crippen LogP contribution < -0.4 is 0 Å². The normalized spacial score (nSPS) is 22.9. The van der Waals surface area contributed by atoms with Gasteiger partial charge in [0.25, 0.3) is 0 Å². The third-order valence-electron chi connectivity index (χ3n) is 9.57. The van der Waals surface area contributed by atoms with E-state index in [2.05, 4.69) is 70.3 Å². The molecule has 6 atom stereocenters. The predicted octanol–water partition coefficient (Wildman–Crippen LogP) is 6.54. The van der Waals surface area contributed by atoms with Crippen molar-refractivity contribution in [3.63, 3.8) is 0 Å². The molecule has 0 radical (unpaired) electrons. The molecule has 11 nitrogen and oxygen atoms in total. The van der Waals surface area contributed by atoms with Crippen molar-refractivity contribution in [2.24, 2.45) is 17.8 Å². The van der Waals surface area contributed by atoms with Gasteiger partial charge in [0.2, 0.25) is 18.4 Å². The molecule has 254 valence electrons. The molecule has 0 spiro atoms. The molecule has 2 aliphatic rings. The summed E-state index contributed by atoms with van der Waals surface area (Å²) in [7, 11) is 1.56. The largest absolute Gasteiger partial charge is 0.436 e. The van der Waals surface area contributed by atoms with Gasteiger partial charge in [-0.15, -0.1) is 10.2 Å². The minimum Gasteiger partial charge on any atom is -0.436 e. The number of aromatic amines is 1. The van der Waals surface area contributed by atoms with Crippen LogP contribution in [0.4, 0.5) is 0 Å². The second kappa shape index (κ2) is 15.0. The first-order valence-electron chi connectivity index (χ1n) is 16.9. The molecule has 11 heteroatoms. The summed E-state index contributed by atoms with van der Waals surface area (Å²) in [6.45, 7) is 12.2. The average Bonchev–Trinajstić information content (AvgIpc) is 3.71. The first-order valence-corrected chi connectivity index (χ1v) is 16.9. The molecule has 1 fully saturated rings. The number of aryl methyl sites for hydroxylation is 1. The van der Waals surface area contributed by atoms with Gasteiger partial charge in [0.05, 0.1) is 11.6 Å². The monoisotopic (exact) mass is 646 g/mol. The SMILES string of the molecule is CCCc1nc(C(C)(C)O)c(C(OC)OC(C)OC(=O)C2CCC(C)C(C)C2)n1CC1=CCC(c2ccccc2-c2nn[nH]n2)C=C1. The van der Waals surface area contributed by atoms with Crippen molar-refractivity contribution in [3.8, 4) is 11.4 Å². The molecule has 0 bridgehead atoms. The molecule has 0 aliphatic heterocycles. The highest BCUT2D eigenvalue weighted by molar-refractivity contribution is 5.72. The second-order valence-electron chi connectivity index (χ2n) is 13.6. The van der Waals surface area contributed by atoms with E-state index in [1.165, 1.54) is 0 Å². The highest BCUT2D eigenvalue weighted by Gasteiger charge is 2.36. The molecule has 0 saturated heterocycles. The summed E-state index contributed by atoms with van der Waals surface area (Å²) >= 11 is 0. The van der Waals surface area contributed by atoms with Crippen molar-refractivity contribution >= 4 is 5.97 Å². The van der Waals surface area contributed by atoms with Gasteiger partial charge >= 0.3 is 5.97 Å². The quantitative estimate of drug-likeness (QED) is 0.157. The number of hydrogen-bond acceptors (Lipinski definition) is 9. The highest BCUT2D eigenvalue weighted by atomic mass is 16.8. The molecular formula is C36H50N6O5. The van der Waals surface area contributed by atoms with Crippen LogP contribution in [0.25, 0.3) is 11.4 Å². The van der Waals surface area contributed by atoms with E-state index in [0.29, 0.717) is 42.0 Å². The van der Waals surface area contributed by atoms with Crippen LogP contribution in [-0.2, 0) is 37.6 Å². The Morgan fingerprint density at radius 3 is 2.62 bits per heavy atom. The lowest BCUT2D eigenvalue weighted by Crippen LogP contribution is -2.32. The van der Waals surface area contributed by atoms with Crippen molar-refractivity contribution in [2.75, 3.05) is 7.11 Å². The van der Waals surface area contributed by atoms with Gasteiger partial charge < -0.3 is 23.9 Å². The zero-order valence-electron chi connectivity index (χ0n) is 28.8. The highest BCUT2D eigenvalue weighted by Crippen LogP contribution is 2.37. The molecule has 1 aromatic carbocycles. The fourth-order valence-corrected chi connectivity index (χ4v) is 6.74. The minimum atomic E-state index is -1.27. The third kappa shape index (κ3) is 8.08. The number of H-pyrrole nitrogens is 1. The Kier molecular flexibility index (Phi) is 11.1.